The molecule has 0 saturated carbocycles. The van der Waals surface area contributed by atoms with Gasteiger partial charge in [0.15, 0.2) is 5.96 Å². The van der Waals surface area contributed by atoms with Crippen molar-refractivity contribution in [1.82, 2.24) is 15.6 Å². The van der Waals surface area contributed by atoms with E-state index in [0.717, 1.165) is 18.1 Å². The molecule has 0 aliphatic carbocycles. The standard InChI is InChI=1S/C16H19ClN4/c1-12-4-3-5-13(8-12)9-20-16(18-2)21-11-14-6-7-15(17)19-10-14/h3-8,10H,9,11H2,1-2H3,(H2,18,20,21). The first-order chi connectivity index (χ1) is 10.2. The number of rotatable bonds is 4. The zero-order chi connectivity index (χ0) is 15.1. The summed E-state index contributed by atoms with van der Waals surface area (Å²) in [6.45, 7) is 3.47. The lowest BCUT2D eigenvalue weighted by atomic mass is 10.1. The van der Waals surface area contributed by atoms with Gasteiger partial charge < -0.3 is 10.6 Å². The first kappa shape index (κ1) is 15.3. The molecule has 1 aromatic heterocycles. The maximum atomic E-state index is 5.76. The second-order valence-electron chi connectivity index (χ2n) is 4.76. The van der Waals surface area contributed by atoms with E-state index in [2.05, 4.69) is 51.8 Å². The molecular weight excluding hydrogens is 284 g/mol. The Balaban J connectivity index is 1.85. The van der Waals surface area contributed by atoms with E-state index < -0.39 is 0 Å². The van der Waals surface area contributed by atoms with E-state index in [9.17, 15) is 0 Å². The van der Waals surface area contributed by atoms with Crippen LogP contribution in [0.25, 0.3) is 0 Å². The Morgan fingerprint density at radius 1 is 1.14 bits per heavy atom. The number of hydrogen-bond acceptors (Lipinski definition) is 2. The van der Waals surface area contributed by atoms with Crippen LogP contribution in [0.4, 0.5) is 0 Å². The molecule has 1 heterocycles. The number of aryl methyl sites for hydroxylation is 1. The summed E-state index contributed by atoms with van der Waals surface area (Å²) in [7, 11) is 1.76. The Hall–Kier alpha value is -2.07. The number of pyridine rings is 1. The Kier molecular flexibility index (Phi) is 5.58. The van der Waals surface area contributed by atoms with E-state index in [-0.39, 0.29) is 0 Å². The average Bonchev–Trinajstić information content (AvgIpc) is 2.49. The summed E-state index contributed by atoms with van der Waals surface area (Å²) < 4.78 is 0. The molecule has 5 heteroatoms. The second-order valence-corrected chi connectivity index (χ2v) is 5.14. The quantitative estimate of drug-likeness (QED) is 0.519. The fraction of sp³-hybridized carbons (Fsp3) is 0.250. The SMILES string of the molecule is CN=C(NCc1ccc(Cl)nc1)NCc1cccc(C)c1. The van der Waals surface area contributed by atoms with E-state index in [1.807, 2.05) is 6.07 Å². The van der Waals surface area contributed by atoms with Gasteiger partial charge in [0, 0.05) is 26.3 Å². The van der Waals surface area contributed by atoms with Gasteiger partial charge in [-0.2, -0.15) is 0 Å². The summed E-state index contributed by atoms with van der Waals surface area (Å²) in [5.41, 5.74) is 3.54. The van der Waals surface area contributed by atoms with Gasteiger partial charge >= 0.3 is 0 Å². The molecule has 21 heavy (non-hydrogen) atoms. The lowest BCUT2D eigenvalue weighted by Gasteiger charge is -2.12. The fourth-order valence-corrected chi connectivity index (χ4v) is 2.04. The molecule has 4 nitrogen and oxygen atoms in total. The highest BCUT2D eigenvalue weighted by molar-refractivity contribution is 6.29. The smallest absolute Gasteiger partial charge is 0.191 e. The minimum absolute atomic E-state index is 0.501. The van der Waals surface area contributed by atoms with Gasteiger partial charge in [-0.3, -0.25) is 4.99 Å². The van der Waals surface area contributed by atoms with Crippen LogP contribution in [0.5, 0.6) is 0 Å². The molecule has 0 fully saturated rings. The minimum atomic E-state index is 0.501. The number of nitrogens with one attached hydrogen (secondary N) is 2. The molecular formula is C16H19ClN4. The van der Waals surface area contributed by atoms with Crippen molar-refractivity contribution in [2.24, 2.45) is 4.99 Å². The van der Waals surface area contributed by atoms with Gasteiger partial charge in [-0.05, 0) is 24.1 Å². The van der Waals surface area contributed by atoms with Crippen LogP contribution in [0.3, 0.4) is 0 Å². The topological polar surface area (TPSA) is 49.3 Å². The van der Waals surface area contributed by atoms with Crippen molar-refractivity contribution < 1.29 is 0 Å². The van der Waals surface area contributed by atoms with Gasteiger partial charge in [0.05, 0.1) is 0 Å². The van der Waals surface area contributed by atoms with Crippen molar-refractivity contribution in [3.8, 4) is 0 Å². The fourth-order valence-electron chi connectivity index (χ4n) is 1.93. The van der Waals surface area contributed by atoms with Gasteiger partial charge in [0.25, 0.3) is 0 Å². The summed E-state index contributed by atoms with van der Waals surface area (Å²) >= 11 is 5.76. The molecule has 0 bridgehead atoms. The first-order valence-corrected chi connectivity index (χ1v) is 7.15. The normalized spacial score (nSPS) is 11.3. The lowest BCUT2D eigenvalue weighted by molar-refractivity contribution is 0.806. The third-order valence-corrected chi connectivity index (χ3v) is 3.24. The van der Waals surface area contributed by atoms with Crippen molar-refractivity contribution in [2.45, 2.75) is 20.0 Å². The number of hydrogen-bond donors (Lipinski definition) is 2. The van der Waals surface area contributed by atoms with E-state index in [0.29, 0.717) is 11.7 Å². The highest BCUT2D eigenvalue weighted by Crippen LogP contribution is 2.05. The average molecular weight is 303 g/mol. The van der Waals surface area contributed by atoms with Gasteiger partial charge in [-0.15, -0.1) is 0 Å². The van der Waals surface area contributed by atoms with Crippen molar-refractivity contribution in [1.29, 1.82) is 0 Å². The van der Waals surface area contributed by atoms with Crippen molar-refractivity contribution in [3.63, 3.8) is 0 Å². The van der Waals surface area contributed by atoms with Crippen LogP contribution in [0, 0.1) is 6.92 Å². The molecule has 0 atom stereocenters. The largest absolute Gasteiger partial charge is 0.352 e. The van der Waals surface area contributed by atoms with Crippen LogP contribution in [-0.4, -0.2) is 18.0 Å². The van der Waals surface area contributed by atoms with Crippen LogP contribution in [0.15, 0.2) is 47.6 Å². The predicted molar refractivity (Wildman–Crippen MR) is 87.5 cm³/mol. The Bertz CT molecular complexity index is 608. The third kappa shape index (κ3) is 5.08. The van der Waals surface area contributed by atoms with Crippen LogP contribution in [-0.2, 0) is 13.1 Å². The number of aromatic nitrogens is 1. The van der Waals surface area contributed by atoms with E-state index in [1.165, 1.54) is 11.1 Å². The van der Waals surface area contributed by atoms with E-state index in [4.69, 9.17) is 11.6 Å². The summed E-state index contributed by atoms with van der Waals surface area (Å²) in [6.07, 6.45) is 1.75. The van der Waals surface area contributed by atoms with E-state index >= 15 is 0 Å². The molecule has 0 aliphatic rings. The number of benzene rings is 1. The monoisotopic (exact) mass is 302 g/mol. The molecule has 1 aromatic carbocycles. The Morgan fingerprint density at radius 2 is 1.90 bits per heavy atom. The zero-order valence-electron chi connectivity index (χ0n) is 12.2. The minimum Gasteiger partial charge on any atom is -0.352 e. The third-order valence-electron chi connectivity index (χ3n) is 3.01. The molecule has 0 spiro atoms. The van der Waals surface area contributed by atoms with Crippen LogP contribution in [0.1, 0.15) is 16.7 Å². The number of nitrogens with zero attached hydrogens (tertiary/aromatic N) is 2. The van der Waals surface area contributed by atoms with Gasteiger partial charge in [-0.1, -0.05) is 47.5 Å². The molecule has 0 saturated heterocycles. The summed E-state index contributed by atoms with van der Waals surface area (Å²) in [5.74, 6) is 0.756. The number of halogens is 1. The molecule has 0 unspecified atom stereocenters. The Morgan fingerprint density at radius 3 is 2.52 bits per heavy atom. The highest BCUT2D eigenvalue weighted by Gasteiger charge is 2.00. The number of aliphatic imine (C=N–C) groups is 1. The van der Waals surface area contributed by atoms with Crippen molar-refractivity contribution in [2.75, 3.05) is 7.05 Å². The first-order valence-electron chi connectivity index (χ1n) is 6.78. The van der Waals surface area contributed by atoms with Gasteiger partial charge in [0.1, 0.15) is 5.15 Å². The summed E-state index contributed by atoms with van der Waals surface area (Å²) in [5, 5.41) is 7.03. The van der Waals surface area contributed by atoms with Crippen LogP contribution in [0.2, 0.25) is 5.15 Å². The Labute approximate surface area is 130 Å². The molecule has 110 valence electrons. The van der Waals surface area contributed by atoms with Gasteiger partial charge in [0.2, 0.25) is 0 Å². The molecule has 2 rings (SSSR count). The lowest BCUT2D eigenvalue weighted by Crippen LogP contribution is -2.36. The molecule has 2 aromatic rings. The van der Waals surface area contributed by atoms with Crippen molar-refractivity contribution >= 4 is 17.6 Å². The van der Waals surface area contributed by atoms with Crippen LogP contribution < -0.4 is 10.6 Å². The molecule has 0 aliphatic heterocycles. The van der Waals surface area contributed by atoms with Crippen molar-refractivity contribution in [3.05, 3.63) is 64.4 Å². The molecule has 0 radical (unpaired) electrons. The van der Waals surface area contributed by atoms with E-state index in [1.54, 1.807) is 19.3 Å². The molecule has 0 amide bonds. The summed E-state index contributed by atoms with van der Waals surface area (Å²) in [4.78, 5) is 8.26. The molecule has 2 N–H and O–H groups in total. The number of guanidine groups is 1. The summed E-state index contributed by atoms with van der Waals surface area (Å²) in [6, 6.07) is 12.1. The van der Waals surface area contributed by atoms with Gasteiger partial charge in [-0.25, -0.2) is 4.98 Å². The predicted octanol–water partition coefficient (Wildman–Crippen LogP) is 2.91. The maximum Gasteiger partial charge on any atom is 0.191 e. The maximum absolute atomic E-state index is 5.76. The van der Waals surface area contributed by atoms with Crippen LogP contribution >= 0.6 is 11.6 Å². The zero-order valence-corrected chi connectivity index (χ0v) is 13.0. The second kappa shape index (κ2) is 7.64. The highest BCUT2D eigenvalue weighted by atomic mass is 35.5.